The van der Waals surface area contributed by atoms with Crippen molar-refractivity contribution in [3.8, 4) is 5.75 Å². The van der Waals surface area contributed by atoms with Crippen LogP contribution >= 0.6 is 27.5 Å². The lowest BCUT2D eigenvalue weighted by Crippen LogP contribution is -2.23. The van der Waals surface area contributed by atoms with Crippen molar-refractivity contribution in [3.63, 3.8) is 0 Å². The Hall–Kier alpha value is -3.56. The number of rotatable bonds is 8. The number of halogens is 2. The van der Waals surface area contributed by atoms with Gasteiger partial charge in [-0.2, -0.15) is 9.78 Å². The standard InChI is InChI=1S/C26H22BrClN4O4/c1-3-16(2)25-30-23-10-6-19(27)13-22(23)26(33)31(25)29-14-18-12-21(32(34)35)9-11-24(18)36-15-17-4-7-20(28)8-5-17/h4-14,16H,3,15H2,1-2H3/t16-/m0/s1. The molecule has 1 atom stereocenters. The number of nitro groups is 1. The van der Waals surface area contributed by atoms with Crippen LogP contribution in [0.5, 0.6) is 5.75 Å². The molecule has 0 N–H and O–H groups in total. The molecule has 0 saturated heterocycles. The Balaban J connectivity index is 1.78. The van der Waals surface area contributed by atoms with Gasteiger partial charge in [-0.1, -0.05) is 53.5 Å². The molecule has 10 heteroatoms. The largest absolute Gasteiger partial charge is 0.488 e. The first-order valence-corrected chi connectivity index (χ1v) is 12.4. The fourth-order valence-corrected chi connectivity index (χ4v) is 4.01. The van der Waals surface area contributed by atoms with Crippen molar-refractivity contribution in [1.29, 1.82) is 0 Å². The summed E-state index contributed by atoms with van der Waals surface area (Å²) in [6.45, 7) is 4.19. The van der Waals surface area contributed by atoms with Crippen molar-refractivity contribution in [2.45, 2.75) is 32.8 Å². The van der Waals surface area contributed by atoms with Gasteiger partial charge in [0.2, 0.25) is 0 Å². The third kappa shape index (κ3) is 5.63. The molecule has 184 valence electrons. The number of hydrogen-bond donors (Lipinski definition) is 0. The topological polar surface area (TPSA) is 99.6 Å². The second-order valence-corrected chi connectivity index (χ2v) is 9.55. The lowest BCUT2D eigenvalue weighted by Gasteiger charge is -2.14. The summed E-state index contributed by atoms with van der Waals surface area (Å²) in [6, 6.07) is 16.7. The Morgan fingerprint density at radius 2 is 1.94 bits per heavy atom. The summed E-state index contributed by atoms with van der Waals surface area (Å²) < 4.78 is 7.94. The highest BCUT2D eigenvalue weighted by atomic mass is 79.9. The lowest BCUT2D eigenvalue weighted by atomic mass is 10.1. The average molecular weight is 570 g/mol. The molecule has 0 saturated carbocycles. The minimum absolute atomic E-state index is 0.0476. The predicted molar refractivity (Wildman–Crippen MR) is 144 cm³/mol. The summed E-state index contributed by atoms with van der Waals surface area (Å²) in [5, 5.41) is 16.9. The van der Waals surface area contributed by atoms with Crippen molar-refractivity contribution in [2.24, 2.45) is 5.10 Å². The van der Waals surface area contributed by atoms with E-state index in [9.17, 15) is 14.9 Å². The number of aromatic nitrogens is 2. The number of ether oxygens (including phenoxy) is 1. The van der Waals surface area contributed by atoms with Crippen LogP contribution in [0.15, 0.2) is 75.0 Å². The fourth-order valence-electron chi connectivity index (χ4n) is 3.52. The first kappa shape index (κ1) is 25.5. The van der Waals surface area contributed by atoms with Gasteiger partial charge >= 0.3 is 0 Å². The van der Waals surface area contributed by atoms with E-state index in [0.29, 0.717) is 33.1 Å². The first-order valence-electron chi connectivity index (χ1n) is 11.2. The summed E-state index contributed by atoms with van der Waals surface area (Å²) in [6.07, 6.45) is 2.14. The van der Waals surface area contributed by atoms with Gasteiger partial charge in [-0.25, -0.2) is 4.98 Å². The minimum atomic E-state index is -0.494. The van der Waals surface area contributed by atoms with Gasteiger partial charge in [-0.05, 0) is 48.4 Å². The van der Waals surface area contributed by atoms with Crippen molar-refractivity contribution in [3.05, 3.63) is 108 Å². The van der Waals surface area contributed by atoms with E-state index in [0.717, 1.165) is 16.5 Å². The van der Waals surface area contributed by atoms with E-state index in [1.807, 2.05) is 32.0 Å². The molecule has 1 aromatic heterocycles. The maximum Gasteiger partial charge on any atom is 0.282 e. The number of non-ortho nitro benzene ring substituents is 1. The number of nitrogens with zero attached hydrogens (tertiary/aromatic N) is 4. The van der Waals surface area contributed by atoms with Crippen molar-refractivity contribution in [1.82, 2.24) is 9.66 Å². The van der Waals surface area contributed by atoms with E-state index in [1.165, 1.54) is 29.1 Å². The lowest BCUT2D eigenvalue weighted by molar-refractivity contribution is -0.384. The van der Waals surface area contributed by atoms with E-state index in [1.54, 1.807) is 24.3 Å². The van der Waals surface area contributed by atoms with Crippen LogP contribution in [0.2, 0.25) is 5.02 Å². The maximum absolute atomic E-state index is 13.4. The van der Waals surface area contributed by atoms with Crippen molar-refractivity contribution in [2.75, 3.05) is 0 Å². The van der Waals surface area contributed by atoms with E-state index in [4.69, 9.17) is 16.3 Å². The van der Waals surface area contributed by atoms with Gasteiger partial charge in [0, 0.05) is 33.1 Å². The third-order valence-electron chi connectivity index (χ3n) is 5.71. The van der Waals surface area contributed by atoms with Crippen LogP contribution in [0.4, 0.5) is 5.69 Å². The Bertz CT molecular complexity index is 1520. The number of fused-ring (bicyclic) bond motifs is 1. The molecule has 0 bridgehead atoms. The normalized spacial score (nSPS) is 12.2. The zero-order valence-corrected chi connectivity index (χ0v) is 21.9. The summed E-state index contributed by atoms with van der Waals surface area (Å²) in [7, 11) is 0. The summed E-state index contributed by atoms with van der Waals surface area (Å²) >= 11 is 9.34. The van der Waals surface area contributed by atoms with Gasteiger partial charge in [-0.3, -0.25) is 14.9 Å². The Morgan fingerprint density at radius 1 is 1.19 bits per heavy atom. The molecule has 3 aromatic carbocycles. The SMILES string of the molecule is CC[C@H](C)c1nc2ccc(Br)cc2c(=O)n1N=Cc1cc([N+](=O)[O-])ccc1OCc1ccc(Cl)cc1. The number of benzene rings is 3. The highest BCUT2D eigenvalue weighted by molar-refractivity contribution is 9.10. The molecule has 0 aliphatic heterocycles. The monoisotopic (exact) mass is 568 g/mol. The summed E-state index contributed by atoms with van der Waals surface area (Å²) in [5.41, 5.74) is 1.36. The molecule has 4 rings (SSSR count). The Labute approximate surface area is 220 Å². The van der Waals surface area contributed by atoms with Crippen LogP contribution < -0.4 is 10.3 Å². The van der Waals surface area contributed by atoms with Crippen LogP contribution in [0.3, 0.4) is 0 Å². The van der Waals surface area contributed by atoms with Crippen LogP contribution in [0.1, 0.15) is 43.1 Å². The zero-order valence-electron chi connectivity index (χ0n) is 19.5. The van der Waals surface area contributed by atoms with Crippen LogP contribution in [0, 0.1) is 10.1 Å². The average Bonchev–Trinajstić information content (AvgIpc) is 2.87. The van der Waals surface area contributed by atoms with Crippen LogP contribution in [0.25, 0.3) is 10.9 Å². The van der Waals surface area contributed by atoms with E-state index >= 15 is 0 Å². The third-order valence-corrected chi connectivity index (χ3v) is 6.46. The fraction of sp³-hybridized carbons (Fsp3) is 0.192. The highest BCUT2D eigenvalue weighted by Crippen LogP contribution is 2.25. The molecule has 1 heterocycles. The molecule has 0 radical (unpaired) electrons. The summed E-state index contributed by atoms with van der Waals surface area (Å²) in [5.74, 6) is 0.838. The highest BCUT2D eigenvalue weighted by Gasteiger charge is 2.17. The molecule has 0 unspecified atom stereocenters. The molecule has 0 fully saturated rings. The molecule has 0 amide bonds. The second kappa shape index (κ2) is 11.0. The van der Waals surface area contributed by atoms with Gasteiger partial charge in [0.1, 0.15) is 18.2 Å². The van der Waals surface area contributed by atoms with E-state index < -0.39 is 4.92 Å². The molecular weight excluding hydrogens is 548 g/mol. The van der Waals surface area contributed by atoms with Crippen molar-refractivity contribution < 1.29 is 9.66 Å². The van der Waals surface area contributed by atoms with Gasteiger partial charge in [0.05, 0.1) is 22.0 Å². The quantitative estimate of drug-likeness (QED) is 0.134. The molecule has 0 aliphatic rings. The number of hydrogen-bond acceptors (Lipinski definition) is 6. The van der Waals surface area contributed by atoms with Gasteiger partial charge < -0.3 is 4.74 Å². The maximum atomic E-state index is 13.4. The molecule has 8 nitrogen and oxygen atoms in total. The predicted octanol–water partition coefficient (Wildman–Crippen LogP) is 6.70. The molecular formula is C26H22BrClN4O4. The van der Waals surface area contributed by atoms with Crippen molar-refractivity contribution >= 4 is 50.3 Å². The minimum Gasteiger partial charge on any atom is -0.488 e. The molecule has 0 spiro atoms. The summed E-state index contributed by atoms with van der Waals surface area (Å²) in [4.78, 5) is 29.0. The van der Waals surface area contributed by atoms with E-state index in [2.05, 4.69) is 26.0 Å². The van der Waals surface area contributed by atoms with E-state index in [-0.39, 0.29) is 23.8 Å². The van der Waals surface area contributed by atoms with Gasteiger partial charge in [0.25, 0.3) is 11.2 Å². The van der Waals surface area contributed by atoms with Gasteiger partial charge in [-0.15, -0.1) is 0 Å². The van der Waals surface area contributed by atoms with Crippen LogP contribution in [-0.4, -0.2) is 20.8 Å². The number of nitro benzene ring substituents is 1. The molecule has 0 aliphatic carbocycles. The van der Waals surface area contributed by atoms with Crippen LogP contribution in [-0.2, 0) is 6.61 Å². The molecule has 36 heavy (non-hydrogen) atoms. The second-order valence-electron chi connectivity index (χ2n) is 8.20. The first-order chi connectivity index (χ1) is 17.3. The smallest absolute Gasteiger partial charge is 0.282 e. The van der Waals surface area contributed by atoms with Gasteiger partial charge in [0.15, 0.2) is 0 Å². The zero-order chi connectivity index (χ0) is 25.8. The molecule has 4 aromatic rings. The Kier molecular flexibility index (Phi) is 7.81. The Morgan fingerprint density at radius 3 is 2.64 bits per heavy atom.